The first-order chi connectivity index (χ1) is 14.1. The van der Waals surface area contributed by atoms with Crippen LogP contribution in [0.1, 0.15) is 50.1 Å². The number of hydrogen-bond donors (Lipinski definition) is 0. The first-order valence-electron chi connectivity index (χ1n) is 9.99. The Hall–Kier alpha value is -2.97. The number of halogens is 2. The third-order valence-electron chi connectivity index (χ3n) is 5.25. The van der Waals surface area contributed by atoms with Crippen molar-refractivity contribution in [1.29, 1.82) is 0 Å². The average Bonchev–Trinajstić information content (AvgIpc) is 2.66. The minimum absolute atomic E-state index is 0.176. The number of carbonyl (C=O) groups is 1. The maximum Gasteiger partial charge on any atom is 0.333 e. The summed E-state index contributed by atoms with van der Waals surface area (Å²) in [6.07, 6.45) is 0. The molecule has 0 aliphatic carbocycles. The maximum absolute atomic E-state index is 14.0. The number of nitrogens with zero attached hydrogens (tertiary/aromatic N) is 4. The second-order valence-corrected chi connectivity index (χ2v) is 7.93. The van der Waals surface area contributed by atoms with Gasteiger partial charge in [-0.05, 0) is 39.8 Å². The van der Waals surface area contributed by atoms with Gasteiger partial charge < -0.3 is 9.80 Å². The van der Waals surface area contributed by atoms with Crippen LogP contribution in [0.3, 0.4) is 0 Å². The van der Waals surface area contributed by atoms with E-state index < -0.39 is 23.1 Å². The standard InChI is InChI=1S/C21H26F2N4O3/c1-13(2)26-17(12-18(28)27(14(3)4)21(26)30)24-8-10-25(11-9-24)20(29)19-15(22)6-5-7-16(19)23/h5-7,12-14H,8-11H2,1-4H3. The lowest BCUT2D eigenvalue weighted by Crippen LogP contribution is -2.52. The summed E-state index contributed by atoms with van der Waals surface area (Å²) in [6, 6.07) is 4.31. The Morgan fingerprint density at radius 2 is 1.43 bits per heavy atom. The van der Waals surface area contributed by atoms with E-state index >= 15 is 0 Å². The number of aromatic nitrogens is 2. The molecule has 2 aromatic rings. The fourth-order valence-electron chi connectivity index (χ4n) is 3.76. The summed E-state index contributed by atoms with van der Waals surface area (Å²) in [5, 5.41) is 0. The quantitative estimate of drug-likeness (QED) is 0.762. The van der Waals surface area contributed by atoms with Crippen molar-refractivity contribution >= 4 is 11.7 Å². The van der Waals surface area contributed by atoms with E-state index in [2.05, 4.69) is 0 Å². The molecule has 0 N–H and O–H groups in total. The molecule has 0 atom stereocenters. The van der Waals surface area contributed by atoms with Crippen LogP contribution in [0, 0.1) is 11.6 Å². The molecule has 7 nitrogen and oxygen atoms in total. The van der Waals surface area contributed by atoms with Gasteiger partial charge in [-0.3, -0.25) is 18.7 Å². The molecule has 0 spiro atoms. The van der Waals surface area contributed by atoms with Crippen LogP contribution in [0.2, 0.25) is 0 Å². The summed E-state index contributed by atoms with van der Waals surface area (Å²) >= 11 is 0. The Balaban J connectivity index is 1.87. The number of anilines is 1. The zero-order chi connectivity index (χ0) is 22.2. The summed E-state index contributed by atoms with van der Waals surface area (Å²) in [7, 11) is 0. The van der Waals surface area contributed by atoms with Crippen LogP contribution in [-0.4, -0.2) is 46.1 Å². The molecule has 9 heteroatoms. The third-order valence-corrected chi connectivity index (χ3v) is 5.25. The van der Waals surface area contributed by atoms with Crippen molar-refractivity contribution in [3.63, 3.8) is 0 Å². The van der Waals surface area contributed by atoms with Crippen molar-refractivity contribution in [2.24, 2.45) is 0 Å². The van der Waals surface area contributed by atoms with Gasteiger partial charge in [0.25, 0.3) is 11.5 Å². The van der Waals surface area contributed by atoms with Gasteiger partial charge in [0.05, 0.1) is 0 Å². The molecular weight excluding hydrogens is 394 g/mol. The minimum Gasteiger partial charge on any atom is -0.354 e. The third kappa shape index (κ3) is 3.88. The highest BCUT2D eigenvalue weighted by Crippen LogP contribution is 2.20. The molecule has 30 heavy (non-hydrogen) atoms. The Kier molecular flexibility index (Phi) is 6.09. The van der Waals surface area contributed by atoms with Crippen molar-refractivity contribution in [3.8, 4) is 0 Å². The van der Waals surface area contributed by atoms with Crippen LogP contribution in [0.25, 0.3) is 0 Å². The molecular formula is C21H26F2N4O3. The van der Waals surface area contributed by atoms with Gasteiger partial charge in [0, 0.05) is 44.3 Å². The largest absolute Gasteiger partial charge is 0.354 e. The van der Waals surface area contributed by atoms with Crippen molar-refractivity contribution in [3.05, 3.63) is 62.3 Å². The van der Waals surface area contributed by atoms with Crippen molar-refractivity contribution in [1.82, 2.24) is 14.0 Å². The van der Waals surface area contributed by atoms with E-state index in [-0.39, 0.29) is 36.4 Å². The maximum atomic E-state index is 14.0. The molecule has 3 rings (SSSR count). The lowest BCUT2D eigenvalue weighted by atomic mass is 10.1. The highest BCUT2D eigenvalue weighted by atomic mass is 19.1. The number of carbonyl (C=O) groups excluding carboxylic acids is 1. The SMILES string of the molecule is CC(C)n1c(N2CCN(C(=O)c3c(F)cccc3F)CC2)cc(=O)n(C(C)C)c1=O. The van der Waals surface area contributed by atoms with E-state index in [0.29, 0.717) is 18.9 Å². The van der Waals surface area contributed by atoms with E-state index in [1.165, 1.54) is 21.6 Å². The molecule has 2 heterocycles. The van der Waals surface area contributed by atoms with Crippen LogP contribution < -0.4 is 16.1 Å². The number of piperazine rings is 1. The van der Waals surface area contributed by atoms with Gasteiger partial charge in [-0.15, -0.1) is 0 Å². The summed E-state index contributed by atoms with van der Waals surface area (Å²) in [5.41, 5.74) is -1.33. The highest BCUT2D eigenvalue weighted by Gasteiger charge is 2.28. The van der Waals surface area contributed by atoms with E-state index in [9.17, 15) is 23.2 Å². The van der Waals surface area contributed by atoms with Gasteiger partial charge >= 0.3 is 5.69 Å². The number of rotatable bonds is 4. The molecule has 1 fully saturated rings. The molecule has 162 valence electrons. The molecule has 1 saturated heterocycles. The zero-order valence-electron chi connectivity index (χ0n) is 17.6. The normalized spacial score (nSPS) is 14.7. The van der Waals surface area contributed by atoms with E-state index in [1.54, 1.807) is 18.4 Å². The van der Waals surface area contributed by atoms with Crippen molar-refractivity contribution in [2.45, 2.75) is 39.8 Å². The first-order valence-corrected chi connectivity index (χ1v) is 9.99. The van der Waals surface area contributed by atoms with E-state index in [4.69, 9.17) is 0 Å². The summed E-state index contributed by atoms with van der Waals surface area (Å²) in [4.78, 5) is 41.3. The monoisotopic (exact) mass is 420 g/mol. The molecule has 1 aromatic heterocycles. The van der Waals surface area contributed by atoms with Gasteiger partial charge in [0.2, 0.25) is 0 Å². The Labute approximate surface area is 173 Å². The van der Waals surface area contributed by atoms with E-state index in [0.717, 1.165) is 12.1 Å². The smallest absolute Gasteiger partial charge is 0.333 e. The molecule has 0 unspecified atom stereocenters. The van der Waals surface area contributed by atoms with Gasteiger partial charge in [0.15, 0.2) is 0 Å². The van der Waals surface area contributed by atoms with Crippen LogP contribution in [0.15, 0.2) is 33.9 Å². The molecule has 0 bridgehead atoms. The number of benzene rings is 1. The highest BCUT2D eigenvalue weighted by molar-refractivity contribution is 5.95. The molecule has 1 aliphatic rings. The van der Waals surface area contributed by atoms with Crippen molar-refractivity contribution < 1.29 is 13.6 Å². The Morgan fingerprint density at radius 3 is 1.93 bits per heavy atom. The van der Waals surface area contributed by atoms with E-state index in [1.807, 2.05) is 18.7 Å². The summed E-state index contributed by atoms with van der Waals surface area (Å²) < 4.78 is 30.7. The Morgan fingerprint density at radius 1 is 0.900 bits per heavy atom. The second-order valence-electron chi connectivity index (χ2n) is 7.93. The van der Waals surface area contributed by atoms with Gasteiger partial charge in [0.1, 0.15) is 23.0 Å². The fraction of sp³-hybridized carbons (Fsp3) is 0.476. The predicted octanol–water partition coefficient (Wildman–Crippen LogP) is 2.41. The van der Waals surface area contributed by atoms with Crippen LogP contribution in [0.4, 0.5) is 14.6 Å². The predicted molar refractivity (Wildman–Crippen MR) is 110 cm³/mol. The van der Waals surface area contributed by atoms with Crippen LogP contribution >= 0.6 is 0 Å². The summed E-state index contributed by atoms with van der Waals surface area (Å²) in [6.45, 7) is 8.37. The van der Waals surface area contributed by atoms with Gasteiger partial charge in [-0.25, -0.2) is 13.6 Å². The lowest BCUT2D eigenvalue weighted by molar-refractivity contribution is 0.0736. The molecule has 0 saturated carbocycles. The minimum atomic E-state index is -0.895. The molecule has 1 aromatic carbocycles. The first kappa shape index (κ1) is 21.7. The molecule has 1 aliphatic heterocycles. The Bertz CT molecular complexity index is 1050. The van der Waals surface area contributed by atoms with Crippen LogP contribution in [0.5, 0.6) is 0 Å². The zero-order valence-corrected chi connectivity index (χ0v) is 17.6. The van der Waals surface area contributed by atoms with Crippen molar-refractivity contribution in [2.75, 3.05) is 31.1 Å². The number of amides is 1. The fourth-order valence-corrected chi connectivity index (χ4v) is 3.76. The topological polar surface area (TPSA) is 67.5 Å². The van der Waals surface area contributed by atoms with Gasteiger partial charge in [-0.1, -0.05) is 6.07 Å². The average molecular weight is 420 g/mol. The molecule has 0 radical (unpaired) electrons. The van der Waals surface area contributed by atoms with Gasteiger partial charge in [-0.2, -0.15) is 0 Å². The number of hydrogen-bond acceptors (Lipinski definition) is 4. The lowest BCUT2D eigenvalue weighted by Gasteiger charge is -2.37. The second kappa shape index (κ2) is 8.41. The van der Waals surface area contributed by atoms with Crippen LogP contribution in [-0.2, 0) is 0 Å². The molecule has 1 amide bonds. The summed E-state index contributed by atoms with van der Waals surface area (Å²) in [5.74, 6) is -2.01.